The zero-order valence-electron chi connectivity index (χ0n) is 10.2. The first kappa shape index (κ1) is 12.6. The van der Waals surface area contributed by atoms with Crippen molar-refractivity contribution in [2.24, 2.45) is 0 Å². The zero-order chi connectivity index (χ0) is 12.8. The minimum absolute atomic E-state index is 0.0472. The van der Waals surface area contributed by atoms with Crippen molar-refractivity contribution in [3.8, 4) is 6.07 Å². The molecule has 2 rings (SSSR count). The first-order chi connectivity index (χ1) is 8.81. The fourth-order valence-electron chi connectivity index (χ4n) is 2.15. The summed E-state index contributed by atoms with van der Waals surface area (Å²) < 4.78 is 0. The van der Waals surface area contributed by atoms with Gasteiger partial charge in [0.15, 0.2) is 0 Å². The highest BCUT2D eigenvalue weighted by Crippen LogP contribution is 2.14. The predicted octanol–water partition coefficient (Wildman–Crippen LogP) is 1.16. The van der Waals surface area contributed by atoms with E-state index >= 15 is 0 Å². The van der Waals surface area contributed by atoms with Gasteiger partial charge in [-0.15, -0.1) is 0 Å². The van der Waals surface area contributed by atoms with E-state index in [0.29, 0.717) is 6.54 Å². The summed E-state index contributed by atoms with van der Waals surface area (Å²) in [5.74, 6) is -0.160. The summed E-state index contributed by atoms with van der Waals surface area (Å²) in [6.45, 7) is 1.27. The van der Waals surface area contributed by atoms with Crippen LogP contribution in [0.2, 0.25) is 0 Å². The number of benzene rings is 1. The molecule has 0 radical (unpaired) electrons. The van der Waals surface area contributed by atoms with Crippen molar-refractivity contribution in [1.82, 2.24) is 10.6 Å². The van der Waals surface area contributed by atoms with E-state index in [1.165, 1.54) is 0 Å². The number of carbonyl (C=O) groups is 1. The minimum atomic E-state index is -0.207. The van der Waals surface area contributed by atoms with Crippen molar-refractivity contribution >= 4 is 5.91 Å². The van der Waals surface area contributed by atoms with Crippen molar-refractivity contribution < 1.29 is 4.79 Å². The van der Waals surface area contributed by atoms with Crippen LogP contribution in [-0.2, 0) is 4.79 Å². The van der Waals surface area contributed by atoms with Crippen LogP contribution in [0.15, 0.2) is 30.3 Å². The highest BCUT2D eigenvalue weighted by molar-refractivity contribution is 5.82. The number of nitrogens with one attached hydrogen (secondary N) is 2. The number of hydrogen-bond donors (Lipinski definition) is 2. The van der Waals surface area contributed by atoms with Crippen LogP contribution in [0.4, 0.5) is 0 Å². The maximum Gasteiger partial charge on any atom is 0.237 e. The van der Waals surface area contributed by atoms with E-state index in [2.05, 4.69) is 16.7 Å². The number of rotatable bonds is 4. The second kappa shape index (κ2) is 6.18. The second-order valence-corrected chi connectivity index (χ2v) is 4.49. The van der Waals surface area contributed by atoms with Gasteiger partial charge in [0.05, 0.1) is 18.0 Å². The summed E-state index contributed by atoms with van der Waals surface area (Å²) in [7, 11) is 0. The van der Waals surface area contributed by atoms with Gasteiger partial charge in [0.2, 0.25) is 5.91 Å². The molecule has 2 N–H and O–H groups in total. The van der Waals surface area contributed by atoms with Crippen molar-refractivity contribution in [3.63, 3.8) is 0 Å². The monoisotopic (exact) mass is 243 g/mol. The lowest BCUT2D eigenvalue weighted by Crippen LogP contribution is -2.49. The van der Waals surface area contributed by atoms with Crippen LogP contribution in [0.3, 0.4) is 0 Å². The van der Waals surface area contributed by atoms with Crippen LogP contribution >= 0.6 is 0 Å². The molecule has 0 saturated carbocycles. The standard InChI is InChI=1S/C14H17N3O/c15-9-12(11-5-2-1-3-6-11)10-17-13-7-4-8-16-14(13)18/h1-3,5-6,12-13,17H,4,7-8,10H2,(H,16,18). The predicted molar refractivity (Wildman–Crippen MR) is 68.8 cm³/mol. The van der Waals surface area contributed by atoms with Crippen LogP contribution in [0.1, 0.15) is 24.3 Å². The average Bonchev–Trinajstić information content (AvgIpc) is 2.42. The lowest BCUT2D eigenvalue weighted by Gasteiger charge is -2.23. The molecule has 1 aromatic carbocycles. The Kier molecular flexibility index (Phi) is 4.32. The largest absolute Gasteiger partial charge is 0.355 e. The van der Waals surface area contributed by atoms with Gasteiger partial charge >= 0.3 is 0 Å². The molecule has 0 aromatic heterocycles. The normalized spacial score (nSPS) is 20.8. The number of nitriles is 1. The molecule has 1 aliphatic rings. The van der Waals surface area contributed by atoms with Gasteiger partial charge in [0.25, 0.3) is 0 Å². The highest BCUT2D eigenvalue weighted by Gasteiger charge is 2.22. The van der Waals surface area contributed by atoms with E-state index in [1.54, 1.807) is 0 Å². The van der Waals surface area contributed by atoms with E-state index < -0.39 is 0 Å². The van der Waals surface area contributed by atoms with Gasteiger partial charge in [-0.2, -0.15) is 5.26 Å². The molecule has 1 saturated heterocycles. The number of carbonyl (C=O) groups excluding carboxylic acids is 1. The minimum Gasteiger partial charge on any atom is -0.355 e. The smallest absolute Gasteiger partial charge is 0.237 e. The number of piperidine rings is 1. The van der Waals surface area contributed by atoms with Crippen LogP contribution in [0.5, 0.6) is 0 Å². The molecule has 2 unspecified atom stereocenters. The summed E-state index contributed by atoms with van der Waals surface area (Å²) in [6, 6.07) is 11.8. The molecule has 1 heterocycles. The van der Waals surface area contributed by atoms with Crippen molar-refractivity contribution in [2.45, 2.75) is 24.8 Å². The lowest BCUT2D eigenvalue weighted by molar-refractivity contribution is -0.124. The average molecular weight is 243 g/mol. The quantitative estimate of drug-likeness (QED) is 0.834. The maximum atomic E-state index is 11.6. The summed E-state index contributed by atoms with van der Waals surface area (Å²) in [5.41, 5.74) is 0.990. The molecule has 0 bridgehead atoms. The molecule has 1 fully saturated rings. The van der Waals surface area contributed by atoms with Crippen molar-refractivity contribution in [1.29, 1.82) is 5.26 Å². The second-order valence-electron chi connectivity index (χ2n) is 4.49. The highest BCUT2D eigenvalue weighted by atomic mass is 16.2. The Bertz CT molecular complexity index is 438. The lowest BCUT2D eigenvalue weighted by atomic mass is 9.99. The van der Waals surface area contributed by atoms with Gasteiger partial charge in [-0.25, -0.2) is 0 Å². The molecule has 0 aliphatic carbocycles. The van der Waals surface area contributed by atoms with Gasteiger partial charge < -0.3 is 10.6 Å². The molecule has 1 amide bonds. The Labute approximate surface area is 107 Å². The molecule has 1 aliphatic heterocycles. The van der Waals surface area contributed by atoms with Gasteiger partial charge in [-0.05, 0) is 18.4 Å². The summed E-state index contributed by atoms with van der Waals surface area (Å²) in [6.07, 6.45) is 1.84. The first-order valence-electron chi connectivity index (χ1n) is 6.27. The summed E-state index contributed by atoms with van der Waals surface area (Å²) in [4.78, 5) is 11.6. The third-order valence-electron chi connectivity index (χ3n) is 3.21. The van der Waals surface area contributed by atoms with Crippen molar-refractivity contribution in [2.75, 3.05) is 13.1 Å². The van der Waals surface area contributed by atoms with Gasteiger partial charge in [-0.3, -0.25) is 4.79 Å². The fourth-order valence-corrected chi connectivity index (χ4v) is 2.15. The first-order valence-corrected chi connectivity index (χ1v) is 6.27. The zero-order valence-corrected chi connectivity index (χ0v) is 10.2. The van der Waals surface area contributed by atoms with Gasteiger partial charge in [0.1, 0.15) is 0 Å². The Hall–Kier alpha value is -1.86. The molecule has 4 heteroatoms. The molecular formula is C14H17N3O. The SMILES string of the molecule is N#CC(CNC1CCCNC1=O)c1ccccc1. The van der Waals surface area contributed by atoms with Crippen LogP contribution in [0.25, 0.3) is 0 Å². The van der Waals surface area contributed by atoms with E-state index in [-0.39, 0.29) is 17.9 Å². The van der Waals surface area contributed by atoms with Crippen LogP contribution < -0.4 is 10.6 Å². The molecule has 2 atom stereocenters. The molecule has 1 aromatic rings. The van der Waals surface area contributed by atoms with E-state index in [0.717, 1.165) is 24.9 Å². The van der Waals surface area contributed by atoms with E-state index in [9.17, 15) is 10.1 Å². The number of amides is 1. The van der Waals surface area contributed by atoms with Crippen LogP contribution in [-0.4, -0.2) is 25.0 Å². The topological polar surface area (TPSA) is 64.9 Å². The molecule has 4 nitrogen and oxygen atoms in total. The number of nitrogens with zero attached hydrogens (tertiary/aromatic N) is 1. The van der Waals surface area contributed by atoms with Crippen molar-refractivity contribution in [3.05, 3.63) is 35.9 Å². The summed E-state index contributed by atoms with van der Waals surface area (Å²) in [5, 5.41) is 15.2. The molecule has 94 valence electrons. The van der Waals surface area contributed by atoms with E-state index in [4.69, 9.17) is 0 Å². The Morgan fingerprint density at radius 1 is 1.44 bits per heavy atom. The van der Waals surface area contributed by atoms with Gasteiger partial charge in [-0.1, -0.05) is 30.3 Å². The summed E-state index contributed by atoms with van der Waals surface area (Å²) >= 11 is 0. The Morgan fingerprint density at radius 3 is 2.89 bits per heavy atom. The van der Waals surface area contributed by atoms with Gasteiger partial charge in [0, 0.05) is 13.1 Å². The third-order valence-corrected chi connectivity index (χ3v) is 3.21. The van der Waals surface area contributed by atoms with Crippen LogP contribution in [0, 0.1) is 11.3 Å². The fraction of sp³-hybridized carbons (Fsp3) is 0.429. The number of hydrogen-bond acceptors (Lipinski definition) is 3. The Morgan fingerprint density at radius 2 is 2.22 bits per heavy atom. The maximum absolute atomic E-state index is 11.6. The molecule has 0 spiro atoms. The van der Waals surface area contributed by atoms with E-state index in [1.807, 2.05) is 30.3 Å². The molecule has 18 heavy (non-hydrogen) atoms. The third kappa shape index (κ3) is 3.08. The Balaban J connectivity index is 1.92. The molecular weight excluding hydrogens is 226 g/mol.